The average molecular weight is 545 g/mol. The highest BCUT2D eigenvalue weighted by atomic mass is 35.5. The number of likely N-dealkylation sites (N-methyl/N-ethyl adjacent to an activating group) is 1. The zero-order chi connectivity index (χ0) is 27.9. The quantitative estimate of drug-likeness (QED) is 0.368. The van der Waals surface area contributed by atoms with Crippen LogP contribution in [0, 0.1) is 0 Å². The Balaban J connectivity index is 0.00000507. The zero-order valence-electron chi connectivity index (χ0n) is 24.2. The fourth-order valence-electron chi connectivity index (χ4n) is 4.34. The molecule has 8 nitrogen and oxygen atoms in total. The lowest BCUT2D eigenvalue weighted by Crippen LogP contribution is -3.00. The van der Waals surface area contributed by atoms with Gasteiger partial charge in [0, 0.05) is 5.39 Å². The SMILES string of the molecule is COc1ccc2c(c1)c(N=NC(=O)C[N+](C)(C)C)c(O)n2Cc1cc(C(C)(C)C)c(O)c(C(C)(C)C)c1.[Cl-]. The van der Waals surface area contributed by atoms with Crippen LogP contribution in [0.4, 0.5) is 5.69 Å². The second-order valence-electron chi connectivity index (χ2n) is 12.7. The summed E-state index contributed by atoms with van der Waals surface area (Å²) in [6.07, 6.45) is 0. The number of fused-ring (bicyclic) bond motifs is 1. The maximum absolute atomic E-state index is 12.4. The van der Waals surface area contributed by atoms with Gasteiger partial charge in [-0.25, -0.2) is 0 Å². The molecule has 9 heteroatoms. The van der Waals surface area contributed by atoms with Crippen LogP contribution in [-0.4, -0.2) is 60.0 Å². The molecule has 0 aliphatic carbocycles. The number of methoxy groups -OCH3 is 1. The molecule has 38 heavy (non-hydrogen) atoms. The van der Waals surface area contributed by atoms with Crippen molar-refractivity contribution < 1.29 is 36.6 Å². The van der Waals surface area contributed by atoms with Crippen molar-refractivity contribution in [3.05, 3.63) is 47.0 Å². The monoisotopic (exact) mass is 544 g/mol. The Labute approximate surface area is 231 Å². The first kappa shape index (κ1) is 31.1. The maximum Gasteiger partial charge on any atom is 0.319 e. The van der Waals surface area contributed by atoms with Crippen LogP contribution in [0.2, 0.25) is 0 Å². The lowest BCUT2D eigenvalue weighted by atomic mass is 9.78. The third-order valence-electron chi connectivity index (χ3n) is 6.21. The number of aromatic hydroxyl groups is 2. The van der Waals surface area contributed by atoms with Gasteiger partial charge in [0.25, 0.3) is 0 Å². The summed E-state index contributed by atoms with van der Waals surface area (Å²) in [7, 11) is 7.27. The van der Waals surface area contributed by atoms with E-state index in [1.165, 1.54) is 0 Å². The van der Waals surface area contributed by atoms with Gasteiger partial charge in [0.05, 0.1) is 40.3 Å². The Morgan fingerprint density at radius 2 is 1.53 bits per heavy atom. The lowest BCUT2D eigenvalue weighted by Gasteiger charge is -2.28. The van der Waals surface area contributed by atoms with Crippen molar-refractivity contribution in [3.8, 4) is 17.4 Å². The predicted molar refractivity (Wildman–Crippen MR) is 147 cm³/mol. The number of hydrogen-bond acceptors (Lipinski definition) is 5. The minimum atomic E-state index is -0.376. The summed E-state index contributed by atoms with van der Waals surface area (Å²) in [5, 5.41) is 31.1. The molecular weight excluding hydrogens is 504 g/mol. The average Bonchev–Trinajstić information content (AvgIpc) is 3.00. The van der Waals surface area contributed by atoms with E-state index in [2.05, 4.69) is 51.8 Å². The predicted octanol–water partition coefficient (Wildman–Crippen LogP) is 3.02. The van der Waals surface area contributed by atoms with Crippen molar-refractivity contribution in [2.75, 3.05) is 34.8 Å². The van der Waals surface area contributed by atoms with Crippen molar-refractivity contribution in [1.29, 1.82) is 0 Å². The van der Waals surface area contributed by atoms with Crippen molar-refractivity contribution in [3.63, 3.8) is 0 Å². The summed E-state index contributed by atoms with van der Waals surface area (Å²) in [6, 6.07) is 9.44. The van der Waals surface area contributed by atoms with Crippen LogP contribution in [0.1, 0.15) is 58.2 Å². The number of benzene rings is 2. The van der Waals surface area contributed by atoms with E-state index < -0.39 is 0 Å². The molecule has 0 radical (unpaired) electrons. The van der Waals surface area contributed by atoms with Crippen molar-refractivity contribution >= 4 is 22.5 Å². The van der Waals surface area contributed by atoms with Gasteiger partial charge in [-0.15, -0.1) is 10.2 Å². The molecular formula is C29H41ClN4O4. The summed E-state index contributed by atoms with van der Waals surface area (Å²) in [4.78, 5) is 12.4. The summed E-state index contributed by atoms with van der Waals surface area (Å²) in [6.45, 7) is 12.9. The number of rotatable bonds is 6. The van der Waals surface area contributed by atoms with Crippen molar-refractivity contribution in [2.24, 2.45) is 10.2 Å². The molecule has 0 fully saturated rings. The highest BCUT2D eigenvalue weighted by Gasteiger charge is 2.27. The zero-order valence-corrected chi connectivity index (χ0v) is 24.9. The summed E-state index contributed by atoms with van der Waals surface area (Å²) in [5.41, 5.74) is 3.01. The first-order valence-corrected chi connectivity index (χ1v) is 12.4. The Hall–Kier alpha value is -3.10. The van der Waals surface area contributed by atoms with Gasteiger partial charge in [-0.1, -0.05) is 41.5 Å². The molecule has 1 amide bonds. The number of nitrogens with zero attached hydrogens (tertiary/aromatic N) is 4. The van der Waals surface area contributed by atoms with E-state index in [0.717, 1.165) is 22.2 Å². The highest BCUT2D eigenvalue weighted by Crippen LogP contribution is 2.43. The van der Waals surface area contributed by atoms with Crippen LogP contribution in [0.15, 0.2) is 40.6 Å². The Morgan fingerprint density at radius 1 is 0.974 bits per heavy atom. The fraction of sp³-hybridized carbons (Fsp3) is 0.483. The van der Waals surface area contributed by atoms with Gasteiger partial charge in [0.1, 0.15) is 11.5 Å². The van der Waals surface area contributed by atoms with Gasteiger partial charge in [0.2, 0.25) is 5.88 Å². The minimum Gasteiger partial charge on any atom is -1.00 e. The number of halogens is 1. The molecule has 1 aromatic heterocycles. The largest absolute Gasteiger partial charge is 1.00 e. The molecule has 208 valence electrons. The van der Waals surface area contributed by atoms with E-state index >= 15 is 0 Å². The van der Waals surface area contributed by atoms with Crippen LogP contribution in [0.25, 0.3) is 10.9 Å². The van der Waals surface area contributed by atoms with Gasteiger partial charge < -0.3 is 36.4 Å². The number of phenolic OH excluding ortho intramolecular Hbond substituents is 1. The molecule has 0 saturated carbocycles. The van der Waals surface area contributed by atoms with Crippen LogP contribution in [-0.2, 0) is 22.2 Å². The van der Waals surface area contributed by atoms with E-state index in [1.807, 2.05) is 45.4 Å². The second kappa shape index (κ2) is 10.9. The molecule has 0 unspecified atom stereocenters. The highest BCUT2D eigenvalue weighted by molar-refractivity contribution is 5.96. The Morgan fingerprint density at radius 3 is 2.00 bits per heavy atom. The Bertz CT molecular complexity index is 1320. The smallest absolute Gasteiger partial charge is 0.319 e. The van der Waals surface area contributed by atoms with E-state index in [1.54, 1.807) is 17.7 Å². The van der Waals surface area contributed by atoms with Crippen LogP contribution < -0.4 is 17.1 Å². The lowest BCUT2D eigenvalue weighted by molar-refractivity contribution is -0.862. The number of phenols is 1. The molecule has 2 N–H and O–H groups in total. The van der Waals surface area contributed by atoms with Gasteiger partial charge in [-0.2, -0.15) is 0 Å². The molecule has 2 aromatic carbocycles. The van der Waals surface area contributed by atoms with E-state index in [-0.39, 0.29) is 47.3 Å². The third-order valence-corrected chi connectivity index (χ3v) is 6.21. The number of ether oxygens (including phenoxy) is 1. The van der Waals surface area contributed by atoms with E-state index in [9.17, 15) is 15.0 Å². The summed E-state index contributed by atoms with van der Waals surface area (Å²) < 4.78 is 7.57. The number of carbonyl (C=O) groups is 1. The fourth-order valence-corrected chi connectivity index (χ4v) is 4.34. The van der Waals surface area contributed by atoms with Gasteiger partial charge in [0.15, 0.2) is 12.2 Å². The molecule has 0 spiro atoms. The van der Waals surface area contributed by atoms with Crippen molar-refractivity contribution in [1.82, 2.24) is 4.57 Å². The summed E-state index contributed by atoms with van der Waals surface area (Å²) >= 11 is 0. The van der Waals surface area contributed by atoms with Crippen LogP contribution >= 0.6 is 0 Å². The van der Waals surface area contributed by atoms with Crippen LogP contribution in [0.5, 0.6) is 17.4 Å². The number of azo groups is 1. The second-order valence-corrected chi connectivity index (χ2v) is 12.7. The molecule has 3 rings (SSSR count). The first-order chi connectivity index (χ1) is 16.9. The van der Waals surface area contributed by atoms with Gasteiger partial charge in [-0.3, -0.25) is 4.79 Å². The van der Waals surface area contributed by atoms with E-state index in [0.29, 0.717) is 27.9 Å². The molecule has 0 aliphatic heterocycles. The number of aromatic nitrogens is 1. The Kier molecular flexibility index (Phi) is 8.96. The molecule has 1 heterocycles. The number of carbonyl (C=O) groups excluding carboxylic acids is 1. The standard InChI is InChI=1S/C29H40N4O4.ClH/c1-28(2,3)21-13-18(14-22(26(21)35)29(4,5)6)16-32-23-12-11-19(37-10)15-20(23)25(27(32)36)31-30-24(34)17-33(7,8)9;/h11-15H,16-17H2,1-10H3,(H-,30,34,35,36);1H. The normalized spacial score (nSPS) is 12.7. The van der Waals surface area contributed by atoms with Gasteiger partial charge in [-0.05, 0) is 57.9 Å². The molecule has 0 aliphatic rings. The first-order valence-electron chi connectivity index (χ1n) is 12.4. The molecule has 0 saturated heterocycles. The molecule has 0 atom stereocenters. The molecule has 3 aromatic rings. The van der Waals surface area contributed by atoms with Crippen molar-refractivity contribution in [2.45, 2.75) is 58.9 Å². The third kappa shape index (κ3) is 6.85. The minimum absolute atomic E-state index is 0. The number of quaternary nitrogens is 1. The number of hydrogen-bond donors (Lipinski definition) is 2. The van der Waals surface area contributed by atoms with Crippen LogP contribution in [0.3, 0.4) is 0 Å². The maximum atomic E-state index is 12.4. The summed E-state index contributed by atoms with van der Waals surface area (Å²) in [5.74, 6) is 0.445. The van der Waals surface area contributed by atoms with E-state index in [4.69, 9.17) is 4.74 Å². The van der Waals surface area contributed by atoms with Gasteiger partial charge >= 0.3 is 5.91 Å². The molecule has 0 bridgehead atoms. The topological polar surface area (TPSA) is 96.4 Å². The number of amides is 1.